The maximum atomic E-state index is 12.8. The molecule has 0 spiro atoms. The van der Waals surface area contributed by atoms with Gasteiger partial charge in [0.1, 0.15) is 5.82 Å². The van der Waals surface area contributed by atoms with Gasteiger partial charge in [0.2, 0.25) is 10.0 Å². The van der Waals surface area contributed by atoms with E-state index in [1.165, 1.54) is 36.4 Å². The molecule has 0 aliphatic heterocycles. The van der Waals surface area contributed by atoms with Crippen LogP contribution >= 0.6 is 0 Å². The SMILES string of the molecule is Cc1ccc(S(=O)(=O)NC[C@@H](O)c2ccc(F)cc2)cc1. The summed E-state index contributed by atoms with van der Waals surface area (Å²) in [6, 6.07) is 11.7. The van der Waals surface area contributed by atoms with Crippen molar-refractivity contribution in [3.05, 3.63) is 65.5 Å². The minimum atomic E-state index is -3.67. The number of benzene rings is 2. The van der Waals surface area contributed by atoms with Gasteiger partial charge in [-0.2, -0.15) is 0 Å². The zero-order valence-corrected chi connectivity index (χ0v) is 12.3. The summed E-state index contributed by atoms with van der Waals surface area (Å²) >= 11 is 0. The van der Waals surface area contributed by atoms with Gasteiger partial charge in [0.15, 0.2) is 0 Å². The molecule has 0 aliphatic rings. The van der Waals surface area contributed by atoms with Gasteiger partial charge in [0, 0.05) is 6.54 Å². The van der Waals surface area contributed by atoms with Crippen molar-refractivity contribution < 1.29 is 17.9 Å². The molecule has 1 atom stereocenters. The van der Waals surface area contributed by atoms with Gasteiger partial charge in [-0.05, 0) is 36.8 Å². The lowest BCUT2D eigenvalue weighted by Crippen LogP contribution is -2.28. The first-order valence-corrected chi connectivity index (χ1v) is 7.87. The highest BCUT2D eigenvalue weighted by atomic mass is 32.2. The van der Waals surface area contributed by atoms with E-state index in [0.29, 0.717) is 5.56 Å². The number of sulfonamides is 1. The Morgan fingerprint density at radius 2 is 1.67 bits per heavy atom. The smallest absolute Gasteiger partial charge is 0.240 e. The lowest BCUT2D eigenvalue weighted by atomic mass is 10.1. The van der Waals surface area contributed by atoms with Crippen LogP contribution in [-0.4, -0.2) is 20.1 Å². The molecule has 0 radical (unpaired) electrons. The molecule has 4 nitrogen and oxygen atoms in total. The van der Waals surface area contributed by atoms with Crippen molar-refractivity contribution in [2.24, 2.45) is 0 Å². The third kappa shape index (κ3) is 4.10. The molecule has 0 bridgehead atoms. The zero-order valence-electron chi connectivity index (χ0n) is 11.5. The van der Waals surface area contributed by atoms with Gasteiger partial charge < -0.3 is 5.11 Å². The number of rotatable bonds is 5. The van der Waals surface area contributed by atoms with Crippen molar-refractivity contribution in [3.8, 4) is 0 Å². The maximum Gasteiger partial charge on any atom is 0.240 e. The first-order chi connectivity index (χ1) is 9.88. The standard InChI is InChI=1S/C15H16FNO3S/c1-11-2-8-14(9-3-11)21(19,20)17-10-15(18)12-4-6-13(16)7-5-12/h2-9,15,17-18H,10H2,1H3/t15-/m1/s1. The molecule has 112 valence electrons. The van der Waals surface area contributed by atoms with Gasteiger partial charge in [-0.1, -0.05) is 29.8 Å². The third-order valence-electron chi connectivity index (χ3n) is 3.05. The van der Waals surface area contributed by atoms with E-state index in [2.05, 4.69) is 4.72 Å². The second-order valence-corrected chi connectivity index (χ2v) is 6.50. The molecule has 0 saturated carbocycles. The van der Waals surface area contributed by atoms with E-state index in [0.717, 1.165) is 5.56 Å². The fourth-order valence-electron chi connectivity index (χ4n) is 1.79. The highest BCUT2D eigenvalue weighted by molar-refractivity contribution is 7.89. The minimum Gasteiger partial charge on any atom is -0.387 e. The van der Waals surface area contributed by atoms with Crippen LogP contribution in [0.5, 0.6) is 0 Å². The average Bonchev–Trinajstić information content (AvgIpc) is 2.46. The predicted molar refractivity (Wildman–Crippen MR) is 77.7 cm³/mol. The van der Waals surface area contributed by atoms with Crippen LogP contribution in [-0.2, 0) is 10.0 Å². The first kappa shape index (κ1) is 15.6. The van der Waals surface area contributed by atoms with E-state index in [4.69, 9.17) is 0 Å². The third-order valence-corrected chi connectivity index (χ3v) is 4.49. The number of halogens is 1. The van der Waals surface area contributed by atoms with Gasteiger partial charge in [-0.3, -0.25) is 0 Å². The van der Waals surface area contributed by atoms with Crippen LogP contribution in [0.4, 0.5) is 4.39 Å². The highest BCUT2D eigenvalue weighted by Gasteiger charge is 2.16. The van der Waals surface area contributed by atoms with Crippen molar-refractivity contribution in [1.29, 1.82) is 0 Å². The molecule has 0 aliphatic carbocycles. The van der Waals surface area contributed by atoms with E-state index in [-0.39, 0.29) is 11.4 Å². The van der Waals surface area contributed by atoms with Crippen molar-refractivity contribution in [3.63, 3.8) is 0 Å². The quantitative estimate of drug-likeness (QED) is 0.889. The van der Waals surface area contributed by atoms with E-state index < -0.39 is 21.9 Å². The van der Waals surface area contributed by atoms with Crippen LogP contribution in [0, 0.1) is 12.7 Å². The van der Waals surface area contributed by atoms with Gasteiger partial charge >= 0.3 is 0 Å². The lowest BCUT2D eigenvalue weighted by molar-refractivity contribution is 0.182. The van der Waals surface area contributed by atoms with Gasteiger partial charge in [0.25, 0.3) is 0 Å². The Morgan fingerprint density at radius 1 is 1.10 bits per heavy atom. The monoisotopic (exact) mass is 309 g/mol. The molecule has 0 saturated heterocycles. The fraction of sp³-hybridized carbons (Fsp3) is 0.200. The highest BCUT2D eigenvalue weighted by Crippen LogP contribution is 2.14. The van der Waals surface area contributed by atoms with Gasteiger partial charge in [-0.15, -0.1) is 0 Å². The van der Waals surface area contributed by atoms with Crippen molar-refractivity contribution >= 4 is 10.0 Å². The molecule has 2 aromatic carbocycles. The molecule has 2 N–H and O–H groups in total. The topological polar surface area (TPSA) is 66.4 Å². The maximum absolute atomic E-state index is 12.8. The summed E-state index contributed by atoms with van der Waals surface area (Å²) in [6.07, 6.45) is -1.04. The summed E-state index contributed by atoms with van der Waals surface area (Å²) in [5, 5.41) is 9.92. The molecule has 2 rings (SSSR count). The largest absolute Gasteiger partial charge is 0.387 e. The van der Waals surface area contributed by atoms with E-state index in [1.54, 1.807) is 12.1 Å². The number of hydrogen-bond donors (Lipinski definition) is 2. The van der Waals surface area contributed by atoms with Crippen LogP contribution in [0.2, 0.25) is 0 Å². The number of hydrogen-bond acceptors (Lipinski definition) is 3. The van der Waals surface area contributed by atoms with Crippen LogP contribution in [0.15, 0.2) is 53.4 Å². The summed E-state index contributed by atoms with van der Waals surface area (Å²) in [4.78, 5) is 0.138. The molecule has 0 fully saturated rings. The molecule has 0 unspecified atom stereocenters. The fourth-order valence-corrected chi connectivity index (χ4v) is 2.83. The Hall–Kier alpha value is -1.76. The van der Waals surface area contributed by atoms with Crippen molar-refractivity contribution in [2.75, 3.05) is 6.54 Å². The van der Waals surface area contributed by atoms with Crippen LogP contribution < -0.4 is 4.72 Å². The molecule has 2 aromatic rings. The van der Waals surface area contributed by atoms with Gasteiger partial charge in [0.05, 0.1) is 11.0 Å². The Balaban J connectivity index is 2.04. The summed E-state index contributed by atoms with van der Waals surface area (Å²) in [5.74, 6) is -0.411. The molecule has 6 heteroatoms. The van der Waals surface area contributed by atoms with Crippen LogP contribution in [0.25, 0.3) is 0 Å². The zero-order chi connectivity index (χ0) is 15.5. The molecule has 0 amide bonds. The Labute approximate surface area is 123 Å². The molecular formula is C15H16FNO3S. The normalized spacial score (nSPS) is 13.1. The summed E-state index contributed by atoms with van der Waals surface area (Å²) in [7, 11) is -3.67. The summed E-state index contributed by atoms with van der Waals surface area (Å²) in [6.45, 7) is 1.68. The first-order valence-electron chi connectivity index (χ1n) is 6.38. The summed E-state index contributed by atoms with van der Waals surface area (Å²) < 4.78 is 39.2. The van der Waals surface area contributed by atoms with Crippen LogP contribution in [0.3, 0.4) is 0 Å². The molecule has 0 aromatic heterocycles. The van der Waals surface area contributed by atoms with Crippen molar-refractivity contribution in [2.45, 2.75) is 17.9 Å². The second kappa shape index (κ2) is 6.34. The predicted octanol–water partition coefficient (Wildman–Crippen LogP) is 2.15. The second-order valence-electron chi connectivity index (χ2n) is 4.73. The Bertz CT molecular complexity index is 697. The number of aliphatic hydroxyl groups excluding tert-OH is 1. The molecule has 21 heavy (non-hydrogen) atoms. The van der Waals surface area contributed by atoms with Gasteiger partial charge in [-0.25, -0.2) is 17.5 Å². The minimum absolute atomic E-state index is 0.138. The summed E-state index contributed by atoms with van der Waals surface area (Å²) in [5.41, 5.74) is 1.41. The van der Waals surface area contributed by atoms with E-state index >= 15 is 0 Å². The average molecular weight is 309 g/mol. The van der Waals surface area contributed by atoms with Crippen molar-refractivity contribution in [1.82, 2.24) is 4.72 Å². The number of nitrogens with one attached hydrogen (secondary N) is 1. The molecular weight excluding hydrogens is 293 g/mol. The van der Waals surface area contributed by atoms with E-state index in [1.807, 2.05) is 6.92 Å². The van der Waals surface area contributed by atoms with E-state index in [9.17, 15) is 17.9 Å². The Kier molecular flexibility index (Phi) is 4.72. The number of aliphatic hydroxyl groups is 1. The Morgan fingerprint density at radius 3 is 2.24 bits per heavy atom. The van der Waals surface area contributed by atoms with Crippen LogP contribution in [0.1, 0.15) is 17.2 Å². The number of aryl methyl sites for hydroxylation is 1. The molecule has 0 heterocycles. The lowest BCUT2D eigenvalue weighted by Gasteiger charge is -2.12.